The Bertz CT molecular complexity index is 568. The lowest BCUT2D eigenvalue weighted by Crippen LogP contribution is -2.18. The van der Waals surface area contributed by atoms with Gasteiger partial charge in [0.15, 0.2) is 0 Å². The van der Waals surface area contributed by atoms with Crippen molar-refractivity contribution in [2.45, 2.75) is 31.8 Å². The third-order valence-corrected chi connectivity index (χ3v) is 4.86. The number of alkyl halides is 1. The molecule has 0 saturated heterocycles. The molecule has 20 heavy (non-hydrogen) atoms. The van der Waals surface area contributed by atoms with Crippen molar-refractivity contribution in [1.29, 1.82) is 0 Å². The van der Waals surface area contributed by atoms with Crippen molar-refractivity contribution in [2.75, 3.05) is 5.33 Å². The molecule has 1 nitrogen and oxygen atoms in total. The number of ether oxygens (including phenoxy) is 1. The van der Waals surface area contributed by atoms with E-state index in [1.807, 2.05) is 6.07 Å². The summed E-state index contributed by atoms with van der Waals surface area (Å²) in [5.74, 6) is 1.58. The van der Waals surface area contributed by atoms with E-state index in [-0.39, 0.29) is 0 Å². The molecule has 1 aliphatic rings. The Morgan fingerprint density at radius 3 is 2.65 bits per heavy atom. The minimum Gasteiger partial charge on any atom is -0.490 e. The number of para-hydroxylation sites is 1. The Hall–Kier alpha value is -1.28. The lowest BCUT2D eigenvalue weighted by atomic mass is 9.90. The van der Waals surface area contributed by atoms with Crippen molar-refractivity contribution >= 4 is 15.9 Å². The number of hydrogen-bond donors (Lipinski definition) is 0. The third kappa shape index (κ3) is 2.76. The normalized spacial score (nSPS) is 18.4. The lowest BCUT2D eigenvalue weighted by Gasteiger charge is -2.20. The molecule has 0 aromatic heterocycles. The van der Waals surface area contributed by atoms with Gasteiger partial charge in [0.2, 0.25) is 0 Å². The number of aryl methyl sites for hydroxylation is 1. The van der Waals surface area contributed by atoms with E-state index in [0.717, 1.165) is 23.9 Å². The maximum atomic E-state index is 6.08. The summed E-state index contributed by atoms with van der Waals surface area (Å²) in [4.78, 5) is 0. The van der Waals surface area contributed by atoms with Crippen LogP contribution in [0.2, 0.25) is 0 Å². The molecule has 2 unspecified atom stereocenters. The zero-order chi connectivity index (χ0) is 13.9. The van der Waals surface area contributed by atoms with Gasteiger partial charge < -0.3 is 4.74 Å². The van der Waals surface area contributed by atoms with E-state index in [2.05, 4.69) is 65.3 Å². The maximum Gasteiger partial charge on any atom is 0.123 e. The second-order valence-electron chi connectivity index (χ2n) is 5.50. The first kappa shape index (κ1) is 13.7. The van der Waals surface area contributed by atoms with Crippen LogP contribution in [-0.4, -0.2) is 11.4 Å². The van der Waals surface area contributed by atoms with Gasteiger partial charge in [-0.05, 0) is 42.0 Å². The van der Waals surface area contributed by atoms with Crippen LogP contribution in [0.1, 0.15) is 29.0 Å². The summed E-state index contributed by atoms with van der Waals surface area (Å²) in [6.07, 6.45) is 2.39. The molecule has 0 saturated carbocycles. The molecule has 0 aliphatic carbocycles. The molecule has 3 rings (SSSR count). The molecule has 2 atom stereocenters. The Kier molecular flexibility index (Phi) is 4.11. The second-order valence-corrected chi connectivity index (χ2v) is 6.14. The molecule has 2 heteroatoms. The first-order valence-electron chi connectivity index (χ1n) is 7.14. The number of hydrogen-bond acceptors (Lipinski definition) is 1. The van der Waals surface area contributed by atoms with Gasteiger partial charge >= 0.3 is 0 Å². The van der Waals surface area contributed by atoms with E-state index >= 15 is 0 Å². The van der Waals surface area contributed by atoms with E-state index < -0.39 is 0 Å². The molecular weight excluding hydrogens is 312 g/mol. The highest BCUT2D eigenvalue weighted by Crippen LogP contribution is 2.34. The number of halogens is 1. The predicted molar refractivity (Wildman–Crippen MR) is 86.9 cm³/mol. The van der Waals surface area contributed by atoms with Crippen LogP contribution < -0.4 is 4.74 Å². The summed E-state index contributed by atoms with van der Waals surface area (Å²) in [6, 6.07) is 17.0. The summed E-state index contributed by atoms with van der Waals surface area (Å²) < 4.78 is 6.08. The monoisotopic (exact) mass is 330 g/mol. The standard InChI is InChI=1S/C18H19BrO/c1-13-6-2-4-8-17(13)15(12-19)11-16-10-14-7-3-5-9-18(14)20-16/h2-9,15-16H,10-12H2,1H3. The van der Waals surface area contributed by atoms with Gasteiger partial charge in [-0.1, -0.05) is 58.4 Å². The smallest absolute Gasteiger partial charge is 0.123 e. The topological polar surface area (TPSA) is 9.23 Å². The molecule has 0 spiro atoms. The fourth-order valence-electron chi connectivity index (χ4n) is 3.02. The van der Waals surface area contributed by atoms with Gasteiger partial charge in [0.1, 0.15) is 11.9 Å². The summed E-state index contributed by atoms with van der Waals surface area (Å²) in [6.45, 7) is 2.19. The van der Waals surface area contributed by atoms with Crippen LogP contribution in [0, 0.1) is 6.92 Å². The van der Waals surface area contributed by atoms with Crippen LogP contribution in [0.25, 0.3) is 0 Å². The molecule has 0 N–H and O–H groups in total. The Morgan fingerprint density at radius 2 is 1.90 bits per heavy atom. The second kappa shape index (κ2) is 6.01. The minimum absolute atomic E-state index is 0.301. The van der Waals surface area contributed by atoms with E-state index in [1.54, 1.807) is 0 Å². The highest BCUT2D eigenvalue weighted by Gasteiger charge is 2.26. The summed E-state index contributed by atoms with van der Waals surface area (Å²) in [7, 11) is 0. The van der Waals surface area contributed by atoms with Crippen LogP contribution in [-0.2, 0) is 6.42 Å². The number of fused-ring (bicyclic) bond motifs is 1. The highest BCUT2D eigenvalue weighted by molar-refractivity contribution is 9.09. The quantitative estimate of drug-likeness (QED) is 0.727. The van der Waals surface area contributed by atoms with Crippen molar-refractivity contribution in [3.05, 3.63) is 65.2 Å². The largest absolute Gasteiger partial charge is 0.490 e. The zero-order valence-corrected chi connectivity index (χ0v) is 13.3. The average molecular weight is 331 g/mol. The van der Waals surface area contributed by atoms with Gasteiger partial charge in [0, 0.05) is 11.8 Å². The Morgan fingerprint density at radius 1 is 1.15 bits per heavy atom. The van der Waals surface area contributed by atoms with Crippen LogP contribution >= 0.6 is 15.9 Å². The van der Waals surface area contributed by atoms with E-state index in [1.165, 1.54) is 16.7 Å². The van der Waals surface area contributed by atoms with Crippen molar-refractivity contribution in [1.82, 2.24) is 0 Å². The molecule has 0 amide bonds. The Balaban J connectivity index is 1.73. The molecule has 0 radical (unpaired) electrons. The molecule has 2 aromatic carbocycles. The number of rotatable bonds is 4. The molecule has 104 valence electrons. The average Bonchev–Trinajstić information content (AvgIpc) is 2.88. The van der Waals surface area contributed by atoms with Crippen LogP contribution in [0.15, 0.2) is 48.5 Å². The first-order valence-corrected chi connectivity index (χ1v) is 8.26. The molecule has 0 fully saturated rings. The van der Waals surface area contributed by atoms with Crippen molar-refractivity contribution < 1.29 is 4.74 Å². The fraction of sp³-hybridized carbons (Fsp3) is 0.333. The lowest BCUT2D eigenvalue weighted by molar-refractivity contribution is 0.213. The fourth-order valence-corrected chi connectivity index (χ4v) is 3.63. The van der Waals surface area contributed by atoms with Gasteiger partial charge in [-0.2, -0.15) is 0 Å². The molecular formula is C18H19BrO. The molecule has 1 aliphatic heterocycles. The Labute approximate surface area is 129 Å². The van der Waals surface area contributed by atoms with Gasteiger partial charge in [-0.15, -0.1) is 0 Å². The van der Waals surface area contributed by atoms with Gasteiger partial charge in [-0.25, -0.2) is 0 Å². The zero-order valence-electron chi connectivity index (χ0n) is 11.7. The van der Waals surface area contributed by atoms with Crippen LogP contribution in [0.3, 0.4) is 0 Å². The highest BCUT2D eigenvalue weighted by atomic mass is 79.9. The van der Waals surface area contributed by atoms with Crippen molar-refractivity contribution in [3.8, 4) is 5.75 Å². The molecule has 2 aromatic rings. The van der Waals surface area contributed by atoms with E-state index in [0.29, 0.717) is 12.0 Å². The number of benzene rings is 2. The van der Waals surface area contributed by atoms with Gasteiger partial charge in [0.25, 0.3) is 0 Å². The molecule has 0 bridgehead atoms. The van der Waals surface area contributed by atoms with Crippen molar-refractivity contribution in [2.24, 2.45) is 0 Å². The maximum absolute atomic E-state index is 6.08. The third-order valence-electron chi connectivity index (χ3n) is 4.08. The van der Waals surface area contributed by atoms with Crippen molar-refractivity contribution in [3.63, 3.8) is 0 Å². The van der Waals surface area contributed by atoms with E-state index in [9.17, 15) is 0 Å². The van der Waals surface area contributed by atoms with Gasteiger partial charge in [-0.3, -0.25) is 0 Å². The van der Waals surface area contributed by atoms with E-state index in [4.69, 9.17) is 4.74 Å². The van der Waals surface area contributed by atoms with Crippen LogP contribution in [0.4, 0.5) is 0 Å². The van der Waals surface area contributed by atoms with Crippen LogP contribution in [0.5, 0.6) is 5.75 Å². The minimum atomic E-state index is 0.301. The van der Waals surface area contributed by atoms with Gasteiger partial charge in [0.05, 0.1) is 0 Å². The summed E-state index contributed by atoms with van der Waals surface area (Å²) >= 11 is 3.67. The summed E-state index contributed by atoms with van der Waals surface area (Å²) in [5, 5.41) is 0.980. The predicted octanol–water partition coefficient (Wildman–Crippen LogP) is 4.87. The molecule has 1 heterocycles. The SMILES string of the molecule is Cc1ccccc1C(CBr)CC1Cc2ccccc2O1. The first-order chi connectivity index (χ1) is 9.78. The summed E-state index contributed by atoms with van der Waals surface area (Å²) in [5.41, 5.74) is 4.15.